The lowest BCUT2D eigenvalue weighted by atomic mass is 9.82. The molecule has 0 fully saturated rings. The van der Waals surface area contributed by atoms with Gasteiger partial charge in [0.25, 0.3) is 0 Å². The summed E-state index contributed by atoms with van der Waals surface area (Å²) in [5.41, 5.74) is 0.873. The smallest absolute Gasteiger partial charge is 0.216 e. The molecule has 3 aromatic carbocycles. The maximum atomic E-state index is 8.68. The van der Waals surface area contributed by atoms with Crippen LogP contribution in [0.5, 0.6) is 0 Å². The van der Waals surface area contributed by atoms with Gasteiger partial charge in [0.05, 0.1) is 5.56 Å². The molecule has 2 nitrogen and oxygen atoms in total. The van der Waals surface area contributed by atoms with Gasteiger partial charge in [0, 0.05) is 45.6 Å². The van der Waals surface area contributed by atoms with Crippen LogP contribution in [0, 0.1) is 13.8 Å². The van der Waals surface area contributed by atoms with E-state index in [9.17, 15) is 0 Å². The number of aryl methyl sites for hydroxylation is 3. The minimum atomic E-state index is -2.93. The number of fused-ring (bicyclic) bond motifs is 7. The first-order valence-corrected chi connectivity index (χ1v) is 11.1. The minimum absolute atomic E-state index is 0.148. The minimum Gasteiger partial charge on any atom is -0.455 e. The number of hydrogen-bond acceptors (Lipinski definition) is 1. The Balaban J connectivity index is 1.73. The highest BCUT2D eigenvalue weighted by molar-refractivity contribution is 6.17. The summed E-state index contributed by atoms with van der Waals surface area (Å²) in [5.74, 6) is -2.22. The van der Waals surface area contributed by atoms with Crippen LogP contribution in [0.15, 0.2) is 65.2 Å². The summed E-state index contributed by atoms with van der Waals surface area (Å²) < 4.78 is 117. The van der Waals surface area contributed by atoms with Gasteiger partial charge in [0.15, 0.2) is 6.20 Å². The predicted octanol–water partition coefficient (Wildman–Crippen LogP) is 8.12. The van der Waals surface area contributed by atoms with Crippen molar-refractivity contribution in [3.05, 3.63) is 88.6 Å². The zero-order chi connectivity index (χ0) is 34.9. The molecule has 0 aliphatic heterocycles. The van der Waals surface area contributed by atoms with Crippen molar-refractivity contribution < 1.29 is 26.8 Å². The van der Waals surface area contributed by atoms with Gasteiger partial charge < -0.3 is 4.42 Å². The number of rotatable bonds is 2. The van der Waals surface area contributed by atoms with Crippen LogP contribution < -0.4 is 4.57 Å². The van der Waals surface area contributed by atoms with Gasteiger partial charge in [-0.2, -0.15) is 0 Å². The monoisotopic (exact) mass is 459 g/mol. The van der Waals surface area contributed by atoms with Crippen LogP contribution in [-0.2, 0) is 12.5 Å². The van der Waals surface area contributed by atoms with Gasteiger partial charge in [-0.3, -0.25) is 0 Å². The maximum Gasteiger partial charge on any atom is 0.216 e. The molecule has 2 aromatic heterocycles. The quantitative estimate of drug-likeness (QED) is 0.244. The fourth-order valence-electron chi connectivity index (χ4n) is 5.31. The SMILES string of the molecule is [2H]C([2H])([2H])c1cc(-c2c(C)ccc3c2oc2ccc4c(c23)-c2ccccc2C4(C([2H])([2H])[2H])C([2H])([2H])[2H])[n+](C)cc1C([2H])(C)C([2H])([2H])[2H]. The lowest BCUT2D eigenvalue weighted by Crippen LogP contribution is -2.32. The average molecular weight is 460 g/mol. The van der Waals surface area contributed by atoms with E-state index in [1.165, 1.54) is 25.3 Å². The van der Waals surface area contributed by atoms with Crippen molar-refractivity contribution in [2.45, 2.75) is 52.6 Å². The predicted molar refractivity (Wildman–Crippen MR) is 141 cm³/mol. The van der Waals surface area contributed by atoms with E-state index in [2.05, 4.69) is 0 Å². The van der Waals surface area contributed by atoms with Crippen molar-refractivity contribution >= 4 is 21.9 Å². The molecule has 0 bridgehead atoms. The van der Waals surface area contributed by atoms with Gasteiger partial charge in [0.1, 0.15) is 18.2 Å². The maximum absolute atomic E-state index is 8.68. The van der Waals surface area contributed by atoms with E-state index in [4.69, 9.17) is 22.2 Å². The van der Waals surface area contributed by atoms with Crippen LogP contribution in [0.1, 0.15) is 79.0 Å². The molecule has 0 saturated carbocycles. The Morgan fingerprint density at radius 3 is 2.65 bits per heavy atom. The first kappa shape index (κ1) is 11.4. The first-order chi connectivity index (χ1) is 21.5. The van der Waals surface area contributed by atoms with Crippen LogP contribution in [0.3, 0.4) is 0 Å². The molecule has 170 valence electrons. The van der Waals surface area contributed by atoms with E-state index in [1.807, 2.05) is 19.1 Å². The summed E-state index contributed by atoms with van der Waals surface area (Å²) in [7, 11) is 1.63. The van der Waals surface area contributed by atoms with Crippen molar-refractivity contribution in [3.8, 4) is 22.4 Å². The third-order valence-electron chi connectivity index (χ3n) is 6.95. The lowest BCUT2D eigenvalue weighted by molar-refractivity contribution is -0.660. The molecular formula is C32H32NO+. The Bertz CT molecular complexity index is 2080. The summed E-state index contributed by atoms with van der Waals surface area (Å²) in [6.07, 6.45) is 1.37. The molecule has 6 rings (SSSR count). The van der Waals surface area contributed by atoms with Crippen LogP contribution in [0.25, 0.3) is 44.3 Å². The van der Waals surface area contributed by atoms with E-state index >= 15 is 0 Å². The summed E-state index contributed by atoms with van der Waals surface area (Å²) in [5, 5.41) is 1.09. The topological polar surface area (TPSA) is 17.0 Å². The Kier molecular flexibility index (Phi) is 2.36. The van der Waals surface area contributed by atoms with Gasteiger partial charge in [-0.15, -0.1) is 0 Å². The summed E-state index contributed by atoms with van der Waals surface area (Å²) in [6, 6.07) is 14.7. The van der Waals surface area contributed by atoms with Crippen LogP contribution in [0.4, 0.5) is 0 Å². The molecule has 1 atom stereocenters. The number of furan rings is 1. The second-order valence-electron chi connectivity index (χ2n) is 9.11. The van der Waals surface area contributed by atoms with Crippen LogP contribution in [-0.4, -0.2) is 0 Å². The molecule has 0 spiro atoms. The van der Waals surface area contributed by atoms with Gasteiger partial charge in [-0.05, 0) is 59.1 Å². The van der Waals surface area contributed by atoms with Crippen molar-refractivity contribution in [1.82, 2.24) is 0 Å². The third-order valence-corrected chi connectivity index (χ3v) is 6.95. The van der Waals surface area contributed by atoms with E-state index in [0.29, 0.717) is 49.9 Å². The largest absolute Gasteiger partial charge is 0.455 e. The molecule has 0 saturated heterocycles. The molecule has 1 aliphatic rings. The van der Waals surface area contributed by atoms with Gasteiger partial charge in [-0.25, -0.2) is 4.57 Å². The van der Waals surface area contributed by atoms with Crippen LogP contribution >= 0.6 is 0 Å². The number of benzene rings is 3. The van der Waals surface area contributed by atoms with E-state index < -0.39 is 38.7 Å². The summed E-state index contributed by atoms with van der Waals surface area (Å²) >= 11 is 0. The molecule has 1 unspecified atom stereocenters. The molecule has 1 aliphatic carbocycles. The molecule has 2 heterocycles. The second kappa shape index (κ2) is 7.06. The van der Waals surface area contributed by atoms with Gasteiger partial charge >= 0.3 is 0 Å². The molecule has 0 N–H and O–H groups in total. The van der Waals surface area contributed by atoms with E-state index in [0.717, 1.165) is 0 Å². The molecule has 0 radical (unpaired) electrons. The summed E-state index contributed by atoms with van der Waals surface area (Å²) in [6.45, 7) is -8.44. The van der Waals surface area contributed by atoms with Crippen molar-refractivity contribution in [1.29, 1.82) is 0 Å². The zero-order valence-electron chi connectivity index (χ0n) is 32.1. The Hall–Kier alpha value is -3.39. The van der Waals surface area contributed by atoms with Crippen LogP contribution in [0.2, 0.25) is 0 Å². The Labute approximate surface area is 220 Å². The van der Waals surface area contributed by atoms with E-state index in [-0.39, 0.29) is 22.3 Å². The highest BCUT2D eigenvalue weighted by Gasteiger charge is 2.37. The fourth-order valence-corrected chi connectivity index (χ4v) is 5.31. The normalized spacial score (nSPS) is 23.1. The summed E-state index contributed by atoms with van der Waals surface area (Å²) in [4.78, 5) is 0. The van der Waals surface area contributed by atoms with E-state index in [1.54, 1.807) is 41.9 Å². The van der Waals surface area contributed by atoms with Gasteiger partial charge in [-0.1, -0.05) is 69.9 Å². The highest BCUT2D eigenvalue weighted by atomic mass is 16.3. The van der Waals surface area contributed by atoms with Crippen molar-refractivity contribution in [3.63, 3.8) is 0 Å². The second-order valence-corrected chi connectivity index (χ2v) is 9.11. The number of pyridine rings is 1. The number of nitrogens with zero attached hydrogens (tertiary/aromatic N) is 1. The Morgan fingerprint density at radius 2 is 1.85 bits per heavy atom. The molecular weight excluding hydrogens is 414 g/mol. The highest BCUT2D eigenvalue weighted by Crippen LogP contribution is 2.53. The number of hydrogen-bond donors (Lipinski definition) is 0. The third kappa shape index (κ3) is 2.72. The first-order valence-electron chi connectivity index (χ1n) is 17.6. The molecule has 2 heteroatoms. The standard InChI is InChI=1S/C32H32NO/c1-18(2)23-17-33(7)26(16-20(23)4)28-19(3)12-13-22-30-27(34-31(22)28)15-14-25-29(30)21-10-8-9-11-24(21)32(25,5)6/h8-18H,1-7H3/q+1/i1D3,4D3,5D3,6D3,18D. The lowest BCUT2D eigenvalue weighted by Gasteiger charge is -2.21. The molecule has 34 heavy (non-hydrogen) atoms. The van der Waals surface area contributed by atoms with Gasteiger partial charge in [0.2, 0.25) is 5.69 Å². The van der Waals surface area contributed by atoms with Crippen molar-refractivity contribution in [2.75, 3.05) is 0 Å². The molecule has 0 amide bonds. The fraction of sp³-hybridized carbons (Fsp3) is 0.281. The Morgan fingerprint density at radius 1 is 1.00 bits per heavy atom. The zero-order valence-corrected chi connectivity index (χ0v) is 19.1. The van der Waals surface area contributed by atoms with Crippen molar-refractivity contribution in [2.24, 2.45) is 7.05 Å². The number of aromatic nitrogens is 1. The average Bonchev–Trinajstić information content (AvgIpc) is 3.45. The molecule has 5 aromatic rings.